The first kappa shape index (κ1) is 7.78. The Labute approximate surface area is 125 Å². The van der Waals surface area contributed by atoms with Gasteiger partial charge in [0.2, 0.25) is 0 Å². The summed E-state index contributed by atoms with van der Waals surface area (Å²) in [6.07, 6.45) is -7.06. The van der Waals surface area contributed by atoms with E-state index in [-0.39, 0.29) is 30.4 Å². The Morgan fingerprint density at radius 2 is 2.30 bits per heavy atom. The van der Waals surface area contributed by atoms with Crippen molar-refractivity contribution in [3.63, 3.8) is 0 Å². The molecule has 0 saturated carbocycles. The lowest BCUT2D eigenvalue weighted by Crippen LogP contribution is -2.39. The lowest BCUT2D eigenvalue weighted by Gasteiger charge is -2.09. The van der Waals surface area contributed by atoms with Crippen LogP contribution in [0.1, 0.15) is 35.7 Å². The van der Waals surface area contributed by atoms with Gasteiger partial charge in [0.25, 0.3) is 5.56 Å². The predicted octanol–water partition coefficient (Wildman–Crippen LogP) is -0.0152. The fraction of sp³-hybridized carbons (Fsp3) is 0.615. The Morgan fingerprint density at radius 1 is 1.55 bits per heavy atom. The summed E-state index contributed by atoms with van der Waals surface area (Å²) in [5.41, 5.74) is -1.35. The first-order valence-corrected chi connectivity index (χ1v) is 5.98. The summed E-state index contributed by atoms with van der Waals surface area (Å²) in [7, 11) is 2.83. The van der Waals surface area contributed by atoms with Crippen LogP contribution in [0.4, 0.5) is 0 Å². The summed E-state index contributed by atoms with van der Waals surface area (Å²) in [6.45, 7) is -3.52. The number of aromatic nitrogens is 4. The van der Waals surface area contributed by atoms with Gasteiger partial charge in [0.1, 0.15) is 1.37 Å². The van der Waals surface area contributed by atoms with E-state index in [0.717, 1.165) is 9.13 Å². The molecule has 2 heterocycles. The van der Waals surface area contributed by atoms with Crippen LogP contribution < -0.4 is 11.2 Å². The maximum absolute atomic E-state index is 12.6. The zero-order valence-electron chi connectivity index (χ0n) is 18.2. The molecule has 0 amide bonds. The molecule has 7 heteroatoms. The van der Waals surface area contributed by atoms with E-state index in [4.69, 9.17) is 9.60 Å². The topological polar surface area (TPSA) is 82.1 Å². The van der Waals surface area contributed by atoms with E-state index in [1.807, 2.05) is 0 Å². The molecule has 2 aromatic rings. The molecule has 2 aromatic heterocycles. The van der Waals surface area contributed by atoms with Crippen molar-refractivity contribution in [3.05, 3.63) is 27.1 Å². The van der Waals surface area contributed by atoms with Gasteiger partial charge in [0, 0.05) is 27.5 Å². The highest BCUT2D eigenvalue weighted by Crippen LogP contribution is 2.04. The Kier molecular flexibility index (Phi) is 2.19. The molecule has 0 aromatic carbocycles. The molecule has 110 valence electrons. The maximum atomic E-state index is 12.6. The number of aliphatic hydroxyl groups is 1. The molecule has 0 saturated heterocycles. The predicted molar refractivity (Wildman–Crippen MR) is 75.7 cm³/mol. The molecule has 0 spiro atoms. The minimum absolute atomic E-state index is 0.0320. The summed E-state index contributed by atoms with van der Waals surface area (Å²) in [4.78, 5) is 28.8. The SMILES string of the molecule is [2H]c1nc2c(c(=O)n(CCCC([2H])([2H])[C@]([2H])(O)C([2H])([2H])[2H])c(=O)n2C)n1C. The lowest BCUT2D eigenvalue weighted by atomic mass is 10.2. The van der Waals surface area contributed by atoms with Gasteiger partial charge in [0.15, 0.2) is 11.2 Å². The number of hydrogen-bond donors (Lipinski definition) is 1. The number of rotatable bonds is 5. The normalized spacial score (nSPS) is 21.1. The summed E-state index contributed by atoms with van der Waals surface area (Å²) < 4.78 is 55.1. The van der Waals surface area contributed by atoms with Crippen LogP contribution in [0.5, 0.6) is 0 Å². The van der Waals surface area contributed by atoms with E-state index in [9.17, 15) is 14.7 Å². The maximum Gasteiger partial charge on any atom is 0.332 e. The van der Waals surface area contributed by atoms with Gasteiger partial charge in [-0.05, 0) is 26.1 Å². The van der Waals surface area contributed by atoms with Gasteiger partial charge in [-0.2, -0.15) is 0 Å². The molecule has 0 aliphatic carbocycles. The quantitative estimate of drug-likeness (QED) is 0.838. The van der Waals surface area contributed by atoms with Crippen LogP contribution >= 0.6 is 0 Å². The van der Waals surface area contributed by atoms with Gasteiger partial charge < -0.3 is 9.67 Å². The van der Waals surface area contributed by atoms with Crippen molar-refractivity contribution in [2.45, 2.75) is 38.7 Å². The van der Waals surface area contributed by atoms with E-state index < -0.39 is 37.0 Å². The van der Waals surface area contributed by atoms with E-state index in [1.165, 1.54) is 18.7 Å². The van der Waals surface area contributed by atoms with Gasteiger partial charge in [-0.15, -0.1) is 0 Å². The van der Waals surface area contributed by atoms with Crippen molar-refractivity contribution in [1.29, 1.82) is 0 Å². The number of fused-ring (bicyclic) bond motifs is 1. The number of nitrogens with zero attached hydrogens (tertiary/aromatic N) is 4. The zero-order chi connectivity index (χ0) is 20.9. The molecule has 7 nitrogen and oxygen atoms in total. The minimum Gasteiger partial charge on any atom is -0.393 e. The summed E-state index contributed by atoms with van der Waals surface area (Å²) in [5.74, 6) is 0. The largest absolute Gasteiger partial charge is 0.393 e. The Bertz CT molecular complexity index is 987. The Hall–Kier alpha value is -1.89. The van der Waals surface area contributed by atoms with Crippen molar-refractivity contribution in [3.8, 4) is 0 Å². The second kappa shape index (κ2) is 5.62. The molecule has 2 rings (SSSR count). The molecule has 0 aliphatic rings. The second-order valence-corrected chi connectivity index (χ2v) is 4.37. The van der Waals surface area contributed by atoms with Crippen molar-refractivity contribution in [1.82, 2.24) is 18.7 Å². The number of hydrogen-bond acceptors (Lipinski definition) is 4. The molecule has 0 unspecified atom stereocenters. The third-order valence-corrected chi connectivity index (χ3v) is 2.99. The summed E-state index contributed by atoms with van der Waals surface area (Å²) in [6, 6.07) is 0. The van der Waals surface area contributed by atoms with Crippen LogP contribution in [0.25, 0.3) is 11.2 Å². The van der Waals surface area contributed by atoms with E-state index in [0.29, 0.717) is 0 Å². The molecule has 0 radical (unpaired) electrons. The Morgan fingerprint density at radius 3 is 3.00 bits per heavy atom. The molecule has 0 fully saturated rings. The molecule has 1 atom stereocenters. The molecule has 0 bridgehead atoms. The summed E-state index contributed by atoms with van der Waals surface area (Å²) >= 11 is 0. The van der Waals surface area contributed by atoms with Gasteiger partial charge in [-0.3, -0.25) is 13.9 Å². The van der Waals surface area contributed by atoms with Gasteiger partial charge in [0.05, 0.1) is 13.8 Å². The lowest BCUT2D eigenvalue weighted by molar-refractivity contribution is 0.180. The third-order valence-electron chi connectivity index (χ3n) is 2.99. The Balaban J connectivity index is 2.35. The van der Waals surface area contributed by atoms with Crippen molar-refractivity contribution in [2.75, 3.05) is 0 Å². The third kappa shape index (κ3) is 2.53. The molecule has 1 N–H and O–H groups in total. The zero-order valence-corrected chi connectivity index (χ0v) is 11.2. The van der Waals surface area contributed by atoms with Gasteiger partial charge in [-0.1, -0.05) is 0 Å². The number of imidazole rings is 1. The van der Waals surface area contributed by atoms with Gasteiger partial charge >= 0.3 is 5.69 Å². The average molecular weight is 287 g/mol. The van der Waals surface area contributed by atoms with Crippen LogP contribution in [0.15, 0.2) is 15.9 Å². The van der Waals surface area contributed by atoms with Crippen molar-refractivity contribution < 1.29 is 14.7 Å². The van der Waals surface area contributed by atoms with Crippen molar-refractivity contribution in [2.24, 2.45) is 14.1 Å². The molecular formula is C13H20N4O3. The van der Waals surface area contributed by atoms with Crippen LogP contribution in [-0.4, -0.2) is 29.9 Å². The number of aryl methyl sites for hydroxylation is 2. The standard InChI is InChI=1S/C13H20N4O3/c1-9(18)6-4-5-7-17-12(19)10-11(14-8-15(10)2)16(3)13(17)20/h8-9,18H,4-7H2,1-3H3/t9-/m1/s1/i1D3,6D2,8D,9D. The first-order chi connectivity index (χ1) is 12.1. The highest BCUT2D eigenvalue weighted by Gasteiger charge is 2.14. The van der Waals surface area contributed by atoms with Crippen LogP contribution in [-0.2, 0) is 20.6 Å². The smallest absolute Gasteiger partial charge is 0.332 e. The van der Waals surface area contributed by atoms with E-state index >= 15 is 0 Å². The molecule has 20 heavy (non-hydrogen) atoms. The van der Waals surface area contributed by atoms with Crippen LogP contribution in [0.3, 0.4) is 0 Å². The average Bonchev–Trinajstić information content (AvgIpc) is 2.83. The second-order valence-electron chi connectivity index (χ2n) is 4.37. The minimum atomic E-state index is -3.33. The van der Waals surface area contributed by atoms with Gasteiger partial charge in [-0.25, -0.2) is 9.78 Å². The first-order valence-electron chi connectivity index (χ1n) is 9.48. The molecular weight excluding hydrogens is 260 g/mol. The van der Waals surface area contributed by atoms with Crippen LogP contribution in [0.2, 0.25) is 0 Å². The van der Waals surface area contributed by atoms with E-state index in [1.54, 1.807) is 0 Å². The molecule has 0 aliphatic heterocycles. The fourth-order valence-corrected chi connectivity index (χ4v) is 1.98. The summed E-state index contributed by atoms with van der Waals surface area (Å²) in [5, 5.41) is 9.77. The fourth-order valence-electron chi connectivity index (χ4n) is 1.98. The van der Waals surface area contributed by atoms with E-state index in [2.05, 4.69) is 4.98 Å². The highest BCUT2D eigenvalue weighted by molar-refractivity contribution is 5.69. The van der Waals surface area contributed by atoms with Crippen molar-refractivity contribution >= 4 is 11.2 Å². The highest BCUT2D eigenvalue weighted by atomic mass is 16.3. The monoisotopic (exact) mass is 287 g/mol. The van der Waals surface area contributed by atoms with Crippen LogP contribution in [0, 0.1) is 0 Å².